The lowest BCUT2D eigenvalue weighted by molar-refractivity contribution is 0.108. The molecule has 0 aromatic carbocycles. The zero-order valence-electron chi connectivity index (χ0n) is 11.4. The minimum absolute atomic E-state index is 0.290. The molecule has 0 aliphatic heterocycles. The van der Waals surface area contributed by atoms with E-state index in [2.05, 4.69) is 40.8 Å². The Morgan fingerprint density at radius 2 is 1.89 bits per heavy atom. The van der Waals surface area contributed by atoms with Gasteiger partial charge < -0.3 is 5.73 Å². The number of halogens is 1. The van der Waals surface area contributed by atoms with Crippen molar-refractivity contribution < 1.29 is 0 Å². The summed E-state index contributed by atoms with van der Waals surface area (Å²) in [7, 11) is 0. The SMILES string of the molecule is CC1(C)CCC(CN)(Cc2cncc(Br)c2)CC1. The van der Waals surface area contributed by atoms with Crippen molar-refractivity contribution in [1.82, 2.24) is 4.98 Å². The first-order valence-corrected chi connectivity index (χ1v) is 7.54. The zero-order valence-corrected chi connectivity index (χ0v) is 13.0. The molecule has 1 aromatic rings. The Bertz CT molecular complexity index is 405. The lowest BCUT2D eigenvalue weighted by atomic mass is 9.63. The maximum Gasteiger partial charge on any atom is 0.0410 e. The molecule has 0 bridgehead atoms. The highest BCUT2D eigenvalue weighted by molar-refractivity contribution is 9.10. The molecule has 0 spiro atoms. The number of rotatable bonds is 3. The normalized spacial score (nSPS) is 21.8. The Labute approximate surface area is 119 Å². The van der Waals surface area contributed by atoms with Crippen molar-refractivity contribution in [3.05, 3.63) is 28.5 Å². The molecule has 1 aromatic heterocycles. The minimum atomic E-state index is 0.290. The van der Waals surface area contributed by atoms with Crippen LogP contribution in [0.25, 0.3) is 0 Å². The Hall–Kier alpha value is -0.410. The Morgan fingerprint density at radius 1 is 1.22 bits per heavy atom. The number of hydrogen-bond acceptors (Lipinski definition) is 2. The van der Waals surface area contributed by atoms with Crippen molar-refractivity contribution in [1.29, 1.82) is 0 Å². The van der Waals surface area contributed by atoms with E-state index >= 15 is 0 Å². The van der Waals surface area contributed by atoms with Crippen molar-refractivity contribution in [3.63, 3.8) is 0 Å². The van der Waals surface area contributed by atoms with Crippen LogP contribution < -0.4 is 5.73 Å². The summed E-state index contributed by atoms with van der Waals surface area (Å²) >= 11 is 3.49. The van der Waals surface area contributed by atoms with E-state index in [1.165, 1.54) is 31.2 Å². The van der Waals surface area contributed by atoms with E-state index in [0.29, 0.717) is 5.41 Å². The van der Waals surface area contributed by atoms with Gasteiger partial charge in [0.15, 0.2) is 0 Å². The molecule has 0 amide bonds. The van der Waals surface area contributed by atoms with Crippen LogP contribution in [-0.2, 0) is 6.42 Å². The summed E-state index contributed by atoms with van der Waals surface area (Å²) in [6, 6.07) is 2.17. The van der Waals surface area contributed by atoms with E-state index in [9.17, 15) is 0 Å². The van der Waals surface area contributed by atoms with E-state index in [4.69, 9.17) is 5.73 Å². The van der Waals surface area contributed by atoms with Crippen LogP contribution in [0.2, 0.25) is 0 Å². The average Bonchev–Trinajstić information content (AvgIpc) is 2.33. The lowest BCUT2D eigenvalue weighted by Crippen LogP contribution is -2.39. The third-order valence-corrected chi connectivity index (χ3v) is 4.87. The molecule has 1 fully saturated rings. The summed E-state index contributed by atoms with van der Waals surface area (Å²) in [5.41, 5.74) is 8.16. The van der Waals surface area contributed by atoms with E-state index in [-0.39, 0.29) is 5.41 Å². The van der Waals surface area contributed by atoms with Gasteiger partial charge in [-0.3, -0.25) is 4.98 Å². The standard InChI is InChI=1S/C15H23BrN2/c1-14(2)3-5-15(11-17,6-4-14)8-12-7-13(16)10-18-9-12/h7,9-10H,3-6,8,11,17H2,1-2H3. The van der Waals surface area contributed by atoms with Gasteiger partial charge in [0.2, 0.25) is 0 Å². The third-order valence-electron chi connectivity index (χ3n) is 4.44. The van der Waals surface area contributed by atoms with Crippen LogP contribution in [-0.4, -0.2) is 11.5 Å². The quantitative estimate of drug-likeness (QED) is 0.918. The van der Waals surface area contributed by atoms with Gasteiger partial charge in [0, 0.05) is 16.9 Å². The first kappa shape index (κ1) is 14.0. The topological polar surface area (TPSA) is 38.9 Å². The van der Waals surface area contributed by atoms with Crippen molar-refractivity contribution in [2.75, 3.05) is 6.54 Å². The first-order chi connectivity index (χ1) is 8.45. The second kappa shape index (κ2) is 5.30. The van der Waals surface area contributed by atoms with Crippen LogP contribution in [0.15, 0.2) is 22.9 Å². The second-order valence-corrected chi connectivity index (χ2v) is 7.47. The van der Waals surface area contributed by atoms with E-state index < -0.39 is 0 Å². The molecular weight excluding hydrogens is 288 g/mol. The summed E-state index contributed by atoms with van der Waals surface area (Å²) in [4.78, 5) is 4.26. The van der Waals surface area contributed by atoms with Gasteiger partial charge in [0.1, 0.15) is 0 Å². The molecule has 1 aliphatic carbocycles. The smallest absolute Gasteiger partial charge is 0.0410 e. The predicted molar refractivity (Wildman–Crippen MR) is 79.4 cm³/mol. The average molecular weight is 311 g/mol. The zero-order chi connectivity index (χ0) is 13.2. The van der Waals surface area contributed by atoms with E-state index in [1.54, 1.807) is 0 Å². The van der Waals surface area contributed by atoms with Crippen LogP contribution in [0.5, 0.6) is 0 Å². The number of nitrogens with two attached hydrogens (primary N) is 1. The van der Waals surface area contributed by atoms with Gasteiger partial charge >= 0.3 is 0 Å². The molecule has 100 valence electrons. The van der Waals surface area contributed by atoms with Crippen LogP contribution in [0.4, 0.5) is 0 Å². The Kier molecular flexibility index (Phi) is 4.12. The molecule has 1 saturated carbocycles. The molecule has 0 radical (unpaired) electrons. The monoisotopic (exact) mass is 310 g/mol. The molecule has 1 heterocycles. The molecular formula is C15H23BrN2. The fraction of sp³-hybridized carbons (Fsp3) is 0.667. The van der Waals surface area contributed by atoms with Gasteiger partial charge in [0.25, 0.3) is 0 Å². The first-order valence-electron chi connectivity index (χ1n) is 6.74. The highest BCUT2D eigenvalue weighted by atomic mass is 79.9. The molecule has 2 rings (SSSR count). The van der Waals surface area contributed by atoms with Crippen LogP contribution in [0, 0.1) is 10.8 Å². The summed E-state index contributed by atoms with van der Waals surface area (Å²) in [5, 5.41) is 0. The van der Waals surface area contributed by atoms with Gasteiger partial charge in [0.05, 0.1) is 0 Å². The summed E-state index contributed by atoms with van der Waals surface area (Å²) in [6.07, 6.45) is 9.92. The van der Waals surface area contributed by atoms with Crippen LogP contribution in [0.1, 0.15) is 45.1 Å². The molecule has 0 saturated heterocycles. The number of pyridine rings is 1. The Balaban J connectivity index is 2.10. The second-order valence-electron chi connectivity index (χ2n) is 6.56. The van der Waals surface area contributed by atoms with Gasteiger partial charge in [-0.25, -0.2) is 0 Å². The van der Waals surface area contributed by atoms with E-state index in [1.807, 2.05) is 12.4 Å². The van der Waals surface area contributed by atoms with Crippen molar-refractivity contribution in [3.8, 4) is 0 Å². The molecule has 18 heavy (non-hydrogen) atoms. The summed E-state index contributed by atoms with van der Waals surface area (Å²) in [5.74, 6) is 0. The third kappa shape index (κ3) is 3.33. The summed E-state index contributed by atoms with van der Waals surface area (Å²) in [6.45, 7) is 5.53. The minimum Gasteiger partial charge on any atom is -0.330 e. The number of hydrogen-bond donors (Lipinski definition) is 1. The molecule has 2 nitrogen and oxygen atoms in total. The molecule has 3 heteroatoms. The van der Waals surface area contributed by atoms with Gasteiger partial charge in [-0.2, -0.15) is 0 Å². The van der Waals surface area contributed by atoms with Crippen molar-refractivity contribution in [2.45, 2.75) is 46.0 Å². The van der Waals surface area contributed by atoms with Crippen LogP contribution >= 0.6 is 15.9 Å². The Morgan fingerprint density at radius 3 is 2.44 bits per heavy atom. The molecule has 0 atom stereocenters. The van der Waals surface area contributed by atoms with Crippen LogP contribution in [0.3, 0.4) is 0 Å². The lowest BCUT2D eigenvalue weighted by Gasteiger charge is -2.43. The number of nitrogens with zero attached hydrogens (tertiary/aromatic N) is 1. The van der Waals surface area contributed by atoms with Crippen molar-refractivity contribution in [2.24, 2.45) is 16.6 Å². The highest BCUT2D eigenvalue weighted by Crippen LogP contribution is 2.46. The van der Waals surface area contributed by atoms with E-state index in [0.717, 1.165) is 17.4 Å². The fourth-order valence-electron chi connectivity index (χ4n) is 2.90. The van der Waals surface area contributed by atoms with Crippen molar-refractivity contribution >= 4 is 15.9 Å². The predicted octanol–water partition coefficient (Wildman–Crippen LogP) is 3.93. The maximum atomic E-state index is 6.08. The maximum absolute atomic E-state index is 6.08. The largest absolute Gasteiger partial charge is 0.330 e. The van der Waals surface area contributed by atoms with Gasteiger partial charge in [-0.15, -0.1) is 0 Å². The molecule has 1 aliphatic rings. The highest BCUT2D eigenvalue weighted by Gasteiger charge is 2.37. The fourth-order valence-corrected chi connectivity index (χ4v) is 3.31. The van der Waals surface area contributed by atoms with Gasteiger partial charge in [-0.05, 0) is 77.0 Å². The van der Waals surface area contributed by atoms with Gasteiger partial charge in [-0.1, -0.05) is 13.8 Å². The summed E-state index contributed by atoms with van der Waals surface area (Å²) < 4.78 is 1.06. The number of aromatic nitrogens is 1. The molecule has 0 unspecified atom stereocenters. The molecule has 2 N–H and O–H groups in total.